The Balaban J connectivity index is 2.66. The lowest BCUT2D eigenvalue weighted by molar-refractivity contribution is 0.563. The SMILES string of the molecule is C=Cc1cc(-c2nnco2)n(C)c1C(=C)C. The second kappa shape index (κ2) is 3.81. The monoisotopic (exact) mass is 215 g/mol. The molecule has 0 radical (unpaired) electrons. The molecular weight excluding hydrogens is 202 g/mol. The van der Waals surface area contributed by atoms with Gasteiger partial charge in [-0.1, -0.05) is 19.2 Å². The van der Waals surface area contributed by atoms with E-state index in [2.05, 4.69) is 23.4 Å². The smallest absolute Gasteiger partial charge is 0.264 e. The van der Waals surface area contributed by atoms with Crippen LogP contribution in [0.3, 0.4) is 0 Å². The summed E-state index contributed by atoms with van der Waals surface area (Å²) in [5.41, 5.74) is 3.89. The molecule has 16 heavy (non-hydrogen) atoms. The van der Waals surface area contributed by atoms with Crippen molar-refractivity contribution in [3.63, 3.8) is 0 Å². The van der Waals surface area contributed by atoms with Crippen molar-refractivity contribution in [2.75, 3.05) is 0 Å². The maximum absolute atomic E-state index is 5.19. The van der Waals surface area contributed by atoms with Crippen LogP contribution in [0.5, 0.6) is 0 Å². The maximum atomic E-state index is 5.19. The van der Waals surface area contributed by atoms with Crippen LogP contribution in [0.25, 0.3) is 23.2 Å². The zero-order valence-corrected chi connectivity index (χ0v) is 9.40. The van der Waals surface area contributed by atoms with Crippen molar-refractivity contribution in [1.29, 1.82) is 0 Å². The van der Waals surface area contributed by atoms with E-state index in [0.717, 1.165) is 22.5 Å². The van der Waals surface area contributed by atoms with Crippen molar-refractivity contribution < 1.29 is 4.42 Å². The molecule has 0 spiro atoms. The molecule has 0 amide bonds. The van der Waals surface area contributed by atoms with Gasteiger partial charge in [-0.3, -0.25) is 0 Å². The zero-order chi connectivity index (χ0) is 11.7. The number of hydrogen-bond donors (Lipinski definition) is 0. The van der Waals surface area contributed by atoms with Gasteiger partial charge in [0.2, 0.25) is 6.39 Å². The van der Waals surface area contributed by atoms with Gasteiger partial charge in [-0.25, -0.2) is 0 Å². The lowest BCUT2D eigenvalue weighted by Gasteiger charge is -2.05. The number of rotatable bonds is 3. The molecule has 0 atom stereocenters. The third-order valence-corrected chi connectivity index (χ3v) is 2.47. The van der Waals surface area contributed by atoms with Crippen LogP contribution in [-0.4, -0.2) is 14.8 Å². The van der Waals surface area contributed by atoms with Crippen LogP contribution in [0, 0.1) is 0 Å². The van der Waals surface area contributed by atoms with Gasteiger partial charge in [-0.15, -0.1) is 10.2 Å². The molecule has 0 saturated carbocycles. The van der Waals surface area contributed by atoms with E-state index in [1.165, 1.54) is 6.39 Å². The van der Waals surface area contributed by atoms with Crippen LogP contribution in [0.4, 0.5) is 0 Å². The lowest BCUT2D eigenvalue weighted by atomic mass is 10.1. The summed E-state index contributed by atoms with van der Waals surface area (Å²) in [6.07, 6.45) is 3.11. The first-order valence-corrected chi connectivity index (χ1v) is 4.89. The number of aromatic nitrogens is 3. The second-order valence-corrected chi connectivity index (χ2v) is 3.62. The standard InChI is InChI=1S/C12H13N3O/c1-5-9-6-10(12-14-13-7-16-12)15(4)11(9)8(2)3/h5-7H,1-2H2,3-4H3. The van der Waals surface area contributed by atoms with E-state index in [4.69, 9.17) is 4.42 Å². The second-order valence-electron chi connectivity index (χ2n) is 3.62. The Hall–Kier alpha value is -2.10. The number of hydrogen-bond acceptors (Lipinski definition) is 3. The molecule has 0 aliphatic carbocycles. The van der Waals surface area contributed by atoms with E-state index in [1.54, 1.807) is 6.08 Å². The first kappa shape index (κ1) is 10.4. The molecule has 2 rings (SSSR count). The molecule has 2 heterocycles. The fourth-order valence-corrected chi connectivity index (χ4v) is 1.80. The number of allylic oxidation sites excluding steroid dienone is 1. The van der Waals surface area contributed by atoms with Crippen molar-refractivity contribution in [3.05, 3.63) is 36.9 Å². The average molecular weight is 215 g/mol. The highest BCUT2D eigenvalue weighted by Crippen LogP contribution is 2.27. The fraction of sp³-hybridized carbons (Fsp3) is 0.167. The van der Waals surface area contributed by atoms with Gasteiger partial charge >= 0.3 is 0 Å². The molecule has 0 aromatic carbocycles. The number of nitrogens with zero attached hydrogens (tertiary/aromatic N) is 3. The van der Waals surface area contributed by atoms with Crippen molar-refractivity contribution in [2.24, 2.45) is 7.05 Å². The maximum Gasteiger partial charge on any atom is 0.264 e. The van der Waals surface area contributed by atoms with Gasteiger partial charge in [-0.05, 0) is 18.6 Å². The van der Waals surface area contributed by atoms with E-state index in [1.807, 2.05) is 24.6 Å². The molecule has 0 unspecified atom stereocenters. The molecule has 2 aromatic heterocycles. The summed E-state index contributed by atoms with van der Waals surface area (Å²) >= 11 is 0. The van der Waals surface area contributed by atoms with E-state index < -0.39 is 0 Å². The molecule has 0 aliphatic rings. The predicted molar refractivity (Wildman–Crippen MR) is 63.5 cm³/mol. The third kappa shape index (κ3) is 1.48. The van der Waals surface area contributed by atoms with Crippen LogP contribution < -0.4 is 0 Å². The molecule has 0 saturated heterocycles. The van der Waals surface area contributed by atoms with Gasteiger partial charge in [0.25, 0.3) is 5.89 Å². The summed E-state index contributed by atoms with van der Waals surface area (Å²) in [6, 6.07) is 1.96. The molecule has 0 bridgehead atoms. The molecule has 4 heteroatoms. The van der Waals surface area contributed by atoms with Crippen LogP contribution >= 0.6 is 0 Å². The first-order valence-electron chi connectivity index (χ1n) is 4.89. The highest BCUT2D eigenvalue weighted by atomic mass is 16.4. The third-order valence-electron chi connectivity index (χ3n) is 2.47. The van der Waals surface area contributed by atoms with Crippen molar-refractivity contribution in [1.82, 2.24) is 14.8 Å². The predicted octanol–water partition coefficient (Wildman–Crippen LogP) is 2.75. The van der Waals surface area contributed by atoms with Crippen molar-refractivity contribution >= 4 is 11.6 Å². The van der Waals surface area contributed by atoms with Crippen molar-refractivity contribution in [2.45, 2.75) is 6.92 Å². The Morgan fingerprint density at radius 2 is 2.31 bits per heavy atom. The van der Waals surface area contributed by atoms with Crippen LogP contribution in [0.2, 0.25) is 0 Å². The van der Waals surface area contributed by atoms with Crippen LogP contribution in [0.15, 0.2) is 30.0 Å². The zero-order valence-electron chi connectivity index (χ0n) is 9.40. The summed E-state index contributed by atoms with van der Waals surface area (Å²) < 4.78 is 7.16. The topological polar surface area (TPSA) is 43.9 Å². The normalized spacial score (nSPS) is 10.4. The van der Waals surface area contributed by atoms with Gasteiger partial charge < -0.3 is 8.98 Å². The van der Waals surface area contributed by atoms with Gasteiger partial charge in [0.05, 0.1) is 5.69 Å². The van der Waals surface area contributed by atoms with Gasteiger partial charge in [-0.2, -0.15) is 0 Å². The summed E-state index contributed by atoms with van der Waals surface area (Å²) in [5, 5.41) is 7.56. The molecule has 2 aromatic rings. The minimum atomic E-state index is 0.498. The molecule has 4 nitrogen and oxygen atoms in total. The Bertz CT molecular complexity index is 535. The molecule has 0 aliphatic heterocycles. The highest BCUT2D eigenvalue weighted by Gasteiger charge is 2.15. The quantitative estimate of drug-likeness (QED) is 0.790. The first-order chi connectivity index (χ1) is 7.65. The van der Waals surface area contributed by atoms with Gasteiger partial charge in [0, 0.05) is 12.6 Å². The lowest BCUT2D eigenvalue weighted by Crippen LogP contribution is -1.97. The highest BCUT2D eigenvalue weighted by molar-refractivity contribution is 5.74. The fourth-order valence-electron chi connectivity index (χ4n) is 1.80. The minimum Gasteiger partial charge on any atom is -0.422 e. The van der Waals surface area contributed by atoms with E-state index >= 15 is 0 Å². The summed E-state index contributed by atoms with van der Waals surface area (Å²) in [5.74, 6) is 0.498. The largest absolute Gasteiger partial charge is 0.422 e. The Morgan fingerprint density at radius 1 is 1.56 bits per heavy atom. The van der Waals surface area contributed by atoms with Gasteiger partial charge in [0.15, 0.2) is 0 Å². The van der Waals surface area contributed by atoms with E-state index in [0.29, 0.717) is 5.89 Å². The summed E-state index contributed by atoms with van der Waals surface area (Å²) in [6.45, 7) is 9.70. The van der Waals surface area contributed by atoms with E-state index in [9.17, 15) is 0 Å². The molecule has 82 valence electrons. The van der Waals surface area contributed by atoms with Gasteiger partial charge in [0.1, 0.15) is 5.69 Å². The average Bonchev–Trinajstić information content (AvgIpc) is 2.83. The Labute approximate surface area is 93.9 Å². The summed E-state index contributed by atoms with van der Waals surface area (Å²) in [7, 11) is 1.94. The Kier molecular flexibility index (Phi) is 2.48. The van der Waals surface area contributed by atoms with Crippen molar-refractivity contribution in [3.8, 4) is 11.6 Å². The molecular formula is C12H13N3O. The summed E-state index contributed by atoms with van der Waals surface area (Å²) in [4.78, 5) is 0. The Morgan fingerprint density at radius 3 is 2.75 bits per heavy atom. The molecule has 0 N–H and O–H groups in total. The minimum absolute atomic E-state index is 0.498. The van der Waals surface area contributed by atoms with Crippen LogP contribution in [-0.2, 0) is 7.05 Å². The van der Waals surface area contributed by atoms with E-state index in [-0.39, 0.29) is 0 Å². The molecule has 0 fully saturated rings. The van der Waals surface area contributed by atoms with Crippen LogP contribution in [0.1, 0.15) is 18.2 Å².